The summed E-state index contributed by atoms with van der Waals surface area (Å²) in [4.78, 5) is 9.35. The topological polar surface area (TPSA) is 52.1 Å². The molecule has 1 aliphatic heterocycles. The van der Waals surface area contributed by atoms with Crippen LogP contribution in [-0.2, 0) is 6.54 Å². The summed E-state index contributed by atoms with van der Waals surface area (Å²) in [6, 6.07) is 4.56. The number of rotatable bonds is 9. The molecule has 1 aromatic rings. The first kappa shape index (κ1) is 22.6. The molecule has 1 heterocycles. The fourth-order valence-corrected chi connectivity index (χ4v) is 3.24. The number of hydrogen-bond donors (Lipinski definition) is 2. The lowest BCUT2D eigenvalue weighted by Crippen LogP contribution is -2.49. The Hall–Kier alpha value is -1.64. The molecule has 2 rings (SSSR count). The molecule has 0 spiro atoms. The van der Waals surface area contributed by atoms with Gasteiger partial charge in [-0.05, 0) is 31.7 Å². The normalized spacial score (nSPS) is 16.4. The van der Waals surface area contributed by atoms with Gasteiger partial charge in [-0.3, -0.25) is 4.90 Å². The third-order valence-corrected chi connectivity index (χ3v) is 4.86. The Morgan fingerprint density at radius 3 is 2.54 bits per heavy atom. The number of alkyl halides is 2. The van der Waals surface area contributed by atoms with Crippen LogP contribution in [0.2, 0.25) is 5.02 Å². The summed E-state index contributed by atoms with van der Waals surface area (Å²) in [6.07, 6.45) is 0. The maximum atomic E-state index is 12.6. The third kappa shape index (κ3) is 7.77. The summed E-state index contributed by atoms with van der Waals surface area (Å²) in [7, 11) is 0. The van der Waals surface area contributed by atoms with Gasteiger partial charge in [0.25, 0.3) is 0 Å². The van der Waals surface area contributed by atoms with Crippen molar-refractivity contribution in [2.75, 3.05) is 52.4 Å². The van der Waals surface area contributed by atoms with E-state index >= 15 is 0 Å². The molecule has 0 radical (unpaired) electrons. The average molecular weight is 418 g/mol. The van der Waals surface area contributed by atoms with Crippen molar-refractivity contribution in [2.45, 2.75) is 27.0 Å². The highest BCUT2D eigenvalue weighted by atomic mass is 35.5. The Kier molecular flexibility index (Phi) is 9.73. The largest absolute Gasteiger partial charge is 0.434 e. The molecule has 9 heteroatoms. The van der Waals surface area contributed by atoms with Gasteiger partial charge in [-0.25, -0.2) is 4.99 Å². The highest BCUT2D eigenvalue weighted by molar-refractivity contribution is 6.30. The number of nitrogens with zero attached hydrogens (tertiary/aromatic N) is 3. The van der Waals surface area contributed by atoms with Crippen LogP contribution in [0.25, 0.3) is 0 Å². The zero-order chi connectivity index (χ0) is 20.4. The van der Waals surface area contributed by atoms with Crippen LogP contribution >= 0.6 is 11.6 Å². The summed E-state index contributed by atoms with van der Waals surface area (Å²) < 4.78 is 29.7. The maximum absolute atomic E-state index is 12.6. The molecule has 1 saturated heterocycles. The highest BCUT2D eigenvalue weighted by Gasteiger charge is 2.15. The number of hydrogen-bond acceptors (Lipinski definition) is 4. The number of piperazine rings is 1. The molecule has 1 aliphatic rings. The van der Waals surface area contributed by atoms with Crippen molar-refractivity contribution in [1.29, 1.82) is 0 Å². The minimum atomic E-state index is -2.89. The number of ether oxygens (including phenoxy) is 1. The zero-order valence-electron chi connectivity index (χ0n) is 16.6. The van der Waals surface area contributed by atoms with Crippen LogP contribution in [0, 0.1) is 0 Å². The molecular weight excluding hydrogens is 388 g/mol. The van der Waals surface area contributed by atoms with Gasteiger partial charge in [0.05, 0.1) is 6.54 Å². The first-order chi connectivity index (χ1) is 13.5. The monoisotopic (exact) mass is 417 g/mol. The Bertz CT molecular complexity index is 624. The minimum Gasteiger partial charge on any atom is -0.434 e. The number of aliphatic imine (C=N–C) groups is 1. The summed E-state index contributed by atoms with van der Waals surface area (Å²) >= 11 is 5.99. The van der Waals surface area contributed by atoms with Gasteiger partial charge in [-0.2, -0.15) is 8.78 Å². The molecule has 0 aromatic heterocycles. The maximum Gasteiger partial charge on any atom is 0.387 e. The van der Waals surface area contributed by atoms with Crippen molar-refractivity contribution in [3.63, 3.8) is 0 Å². The van der Waals surface area contributed by atoms with Crippen LogP contribution in [0.1, 0.15) is 19.4 Å². The van der Waals surface area contributed by atoms with Gasteiger partial charge >= 0.3 is 6.61 Å². The van der Waals surface area contributed by atoms with E-state index < -0.39 is 6.61 Å². The van der Waals surface area contributed by atoms with E-state index in [1.165, 1.54) is 12.1 Å². The fraction of sp³-hybridized carbons (Fsp3) is 0.632. The van der Waals surface area contributed by atoms with Gasteiger partial charge in [0, 0.05) is 56.4 Å². The van der Waals surface area contributed by atoms with E-state index in [4.69, 9.17) is 11.6 Å². The summed E-state index contributed by atoms with van der Waals surface area (Å²) in [5.74, 6) is 0.727. The van der Waals surface area contributed by atoms with Crippen molar-refractivity contribution in [1.82, 2.24) is 20.4 Å². The van der Waals surface area contributed by atoms with E-state index in [0.717, 1.165) is 45.8 Å². The fourth-order valence-electron chi connectivity index (χ4n) is 3.05. The molecule has 6 nitrogen and oxygen atoms in total. The standard InChI is InChI=1S/C19H30ClF2N5O/c1-3-23-19(24-7-8-27-11-9-26(4-2)10-12-27)25-14-15-13-16(20)5-6-17(15)28-18(21)22/h5-6,13,18H,3-4,7-12,14H2,1-2H3,(H2,23,24,25). The second kappa shape index (κ2) is 12.0. The molecule has 0 aliphatic carbocycles. The van der Waals surface area contributed by atoms with Crippen LogP contribution in [0.3, 0.4) is 0 Å². The van der Waals surface area contributed by atoms with Crippen molar-refractivity contribution in [3.05, 3.63) is 28.8 Å². The van der Waals surface area contributed by atoms with E-state index in [1.807, 2.05) is 6.92 Å². The molecule has 2 N–H and O–H groups in total. The molecular formula is C19H30ClF2N5O. The Morgan fingerprint density at radius 2 is 1.89 bits per heavy atom. The van der Waals surface area contributed by atoms with Gasteiger partial charge in [-0.1, -0.05) is 18.5 Å². The molecule has 28 heavy (non-hydrogen) atoms. The Labute approximate surface area is 170 Å². The molecule has 0 saturated carbocycles. The first-order valence-corrected chi connectivity index (χ1v) is 10.1. The first-order valence-electron chi connectivity index (χ1n) is 9.72. The van der Waals surface area contributed by atoms with Crippen LogP contribution < -0.4 is 15.4 Å². The molecule has 0 unspecified atom stereocenters. The van der Waals surface area contributed by atoms with E-state index in [-0.39, 0.29) is 12.3 Å². The van der Waals surface area contributed by atoms with E-state index in [0.29, 0.717) is 23.1 Å². The van der Waals surface area contributed by atoms with Crippen molar-refractivity contribution < 1.29 is 13.5 Å². The Balaban J connectivity index is 1.89. The van der Waals surface area contributed by atoms with E-state index in [2.05, 4.69) is 37.1 Å². The summed E-state index contributed by atoms with van der Waals surface area (Å²) in [5.41, 5.74) is 0.515. The van der Waals surface area contributed by atoms with E-state index in [9.17, 15) is 8.78 Å². The number of likely N-dealkylation sites (N-methyl/N-ethyl adjacent to an activating group) is 1. The summed E-state index contributed by atoms with van der Waals surface area (Å²) in [6.45, 7) is 9.31. The van der Waals surface area contributed by atoms with Crippen LogP contribution in [0.5, 0.6) is 5.75 Å². The molecule has 0 amide bonds. The molecule has 158 valence electrons. The van der Waals surface area contributed by atoms with Crippen molar-refractivity contribution >= 4 is 17.6 Å². The van der Waals surface area contributed by atoms with Crippen LogP contribution in [0.4, 0.5) is 8.78 Å². The highest BCUT2D eigenvalue weighted by Crippen LogP contribution is 2.25. The van der Waals surface area contributed by atoms with Gasteiger partial charge in [0.15, 0.2) is 5.96 Å². The lowest BCUT2D eigenvalue weighted by atomic mass is 10.2. The van der Waals surface area contributed by atoms with Gasteiger partial charge in [-0.15, -0.1) is 0 Å². The summed E-state index contributed by atoms with van der Waals surface area (Å²) in [5, 5.41) is 6.93. The molecule has 1 fully saturated rings. The average Bonchev–Trinajstić information content (AvgIpc) is 2.68. The quantitative estimate of drug-likeness (QED) is 0.478. The number of benzene rings is 1. The predicted octanol–water partition coefficient (Wildman–Crippen LogP) is 2.63. The second-order valence-corrected chi connectivity index (χ2v) is 6.96. The lowest BCUT2D eigenvalue weighted by Gasteiger charge is -2.34. The smallest absolute Gasteiger partial charge is 0.387 e. The second-order valence-electron chi connectivity index (χ2n) is 6.53. The predicted molar refractivity (Wildman–Crippen MR) is 109 cm³/mol. The van der Waals surface area contributed by atoms with Gasteiger partial charge in [0.2, 0.25) is 0 Å². The van der Waals surface area contributed by atoms with Gasteiger partial charge < -0.3 is 20.3 Å². The number of nitrogens with one attached hydrogen (secondary N) is 2. The Morgan fingerprint density at radius 1 is 1.18 bits per heavy atom. The third-order valence-electron chi connectivity index (χ3n) is 4.62. The van der Waals surface area contributed by atoms with Crippen molar-refractivity contribution in [3.8, 4) is 5.75 Å². The molecule has 0 atom stereocenters. The number of guanidine groups is 1. The molecule has 0 bridgehead atoms. The van der Waals surface area contributed by atoms with Crippen LogP contribution in [-0.4, -0.2) is 74.7 Å². The van der Waals surface area contributed by atoms with Crippen LogP contribution in [0.15, 0.2) is 23.2 Å². The minimum absolute atomic E-state index is 0.0905. The molecule has 1 aromatic carbocycles. The van der Waals surface area contributed by atoms with Crippen molar-refractivity contribution in [2.24, 2.45) is 4.99 Å². The lowest BCUT2D eigenvalue weighted by molar-refractivity contribution is -0.0504. The zero-order valence-corrected chi connectivity index (χ0v) is 17.3. The SMILES string of the molecule is CCNC(=NCc1cc(Cl)ccc1OC(F)F)NCCN1CCN(CC)CC1. The van der Waals surface area contributed by atoms with Gasteiger partial charge in [0.1, 0.15) is 5.75 Å². The van der Waals surface area contributed by atoms with E-state index in [1.54, 1.807) is 6.07 Å². The number of halogens is 3.